The summed E-state index contributed by atoms with van der Waals surface area (Å²) in [4.78, 5) is 26.5. The van der Waals surface area contributed by atoms with E-state index in [1.54, 1.807) is 24.5 Å². The Morgan fingerprint density at radius 3 is 1.00 bits per heavy atom. The van der Waals surface area contributed by atoms with Crippen LogP contribution in [0.15, 0.2) is 124 Å². The molecule has 0 saturated heterocycles. The average molecular weight is 870 g/mol. The molecule has 0 spiro atoms. The standard InChI is InChI=1S/C42H46Br2Cl2N4O2/c1-39(2,3)27-13-23(14-28(37(27)51)40(4,5)6)21-47-49-35-31(43)17-25(19-33(35)45)26-18-32(44)36(34(46)20-26)50-48-22-24-15-29(41(7,8)9)38(52)30(16-24)42(10,11)12/h13-22H,1-12H3/b49-47+,50-48+. The van der Waals surface area contributed by atoms with Crippen LogP contribution in [0.25, 0.3) is 11.1 Å². The summed E-state index contributed by atoms with van der Waals surface area (Å²) in [5, 5.41) is 18.3. The van der Waals surface area contributed by atoms with E-state index in [4.69, 9.17) is 23.2 Å². The smallest absolute Gasteiger partial charge is 0.186 e. The summed E-state index contributed by atoms with van der Waals surface area (Å²) in [5.74, 6) is 0.126. The first-order valence-electron chi connectivity index (χ1n) is 17.0. The molecule has 0 atom stereocenters. The molecule has 10 heteroatoms. The largest absolute Gasteiger partial charge is 0.289 e. The number of azo groups is 2. The second-order valence-corrected chi connectivity index (χ2v) is 19.7. The second-order valence-electron chi connectivity index (χ2n) is 17.2. The molecule has 0 heterocycles. The SMILES string of the molecule is CC(C)(C)C1=CC(=C/N=N/c2c(Cl)cc(-c3cc(Cl)c(/N=N/C=C4C=C(C(C)(C)C)C(=O)C(C(C)(C)C)=C4)c(Br)c3)cc2Br)C=C(C(C)(C)C)C1=O. The van der Waals surface area contributed by atoms with Crippen molar-refractivity contribution in [1.82, 2.24) is 0 Å². The zero-order valence-electron chi connectivity index (χ0n) is 31.9. The fourth-order valence-corrected chi connectivity index (χ4v) is 7.46. The van der Waals surface area contributed by atoms with Crippen LogP contribution in [0, 0.1) is 21.7 Å². The summed E-state index contributed by atoms with van der Waals surface area (Å²) in [6.45, 7) is 24.4. The van der Waals surface area contributed by atoms with Crippen LogP contribution in [0.4, 0.5) is 11.4 Å². The van der Waals surface area contributed by atoms with Gasteiger partial charge in [-0.3, -0.25) is 9.59 Å². The second kappa shape index (κ2) is 15.4. The number of hydrogen-bond donors (Lipinski definition) is 0. The third-order valence-corrected chi connectivity index (χ3v) is 10.3. The number of carbonyl (C=O) groups excluding carboxylic acids is 2. The van der Waals surface area contributed by atoms with E-state index in [9.17, 15) is 9.59 Å². The average Bonchev–Trinajstić information content (AvgIpc) is 2.98. The molecular formula is C42H46Br2Cl2N4O2. The first-order valence-corrected chi connectivity index (χ1v) is 19.3. The normalized spacial score (nSPS) is 16.4. The lowest BCUT2D eigenvalue weighted by Crippen LogP contribution is -2.27. The molecule has 2 aliphatic carbocycles. The number of nitrogens with zero attached hydrogens (tertiary/aromatic N) is 4. The molecular weight excluding hydrogens is 823 g/mol. The van der Waals surface area contributed by atoms with Crippen molar-refractivity contribution in [2.24, 2.45) is 42.1 Å². The van der Waals surface area contributed by atoms with Crippen LogP contribution in [0.5, 0.6) is 0 Å². The van der Waals surface area contributed by atoms with Gasteiger partial charge in [0.1, 0.15) is 11.4 Å². The van der Waals surface area contributed by atoms with Gasteiger partial charge in [-0.15, -0.1) is 10.2 Å². The summed E-state index contributed by atoms with van der Waals surface area (Å²) in [6, 6.07) is 7.39. The first kappa shape index (κ1) is 41.7. The number of rotatable bonds is 5. The van der Waals surface area contributed by atoms with Gasteiger partial charge in [0.2, 0.25) is 0 Å². The summed E-state index contributed by atoms with van der Waals surface area (Å²) in [5.41, 5.74) is 5.77. The van der Waals surface area contributed by atoms with Gasteiger partial charge in [-0.2, -0.15) is 10.2 Å². The monoisotopic (exact) mass is 866 g/mol. The van der Waals surface area contributed by atoms with E-state index in [1.807, 2.05) is 120 Å². The molecule has 4 rings (SSSR count). The molecule has 0 unspecified atom stereocenters. The van der Waals surface area contributed by atoms with Crippen LogP contribution in [-0.4, -0.2) is 11.6 Å². The summed E-state index contributed by atoms with van der Waals surface area (Å²) in [6.07, 6.45) is 10.8. The topological polar surface area (TPSA) is 83.6 Å². The molecule has 0 fully saturated rings. The quantitative estimate of drug-likeness (QED) is 0.280. The summed E-state index contributed by atoms with van der Waals surface area (Å²) >= 11 is 20.7. The molecule has 0 saturated carbocycles. The Morgan fingerprint density at radius 2 is 0.769 bits per heavy atom. The van der Waals surface area contributed by atoms with Crippen LogP contribution in [-0.2, 0) is 9.59 Å². The number of allylic oxidation sites excluding steroid dienone is 10. The maximum Gasteiger partial charge on any atom is 0.186 e. The number of halogens is 4. The minimum absolute atomic E-state index is 0.0630. The van der Waals surface area contributed by atoms with E-state index < -0.39 is 0 Å². The van der Waals surface area contributed by atoms with Gasteiger partial charge in [0.25, 0.3) is 0 Å². The molecule has 2 aromatic rings. The predicted octanol–water partition coefficient (Wildman–Crippen LogP) is 15.2. The molecule has 274 valence electrons. The fraction of sp³-hybridized carbons (Fsp3) is 0.381. The lowest BCUT2D eigenvalue weighted by atomic mass is 9.72. The molecule has 2 aromatic carbocycles. The van der Waals surface area contributed by atoms with Crippen molar-refractivity contribution in [1.29, 1.82) is 0 Å². The molecule has 2 aliphatic rings. The Labute approximate surface area is 335 Å². The fourth-order valence-electron chi connectivity index (χ4n) is 5.64. The number of Topliss-reactive ketones (excluding diaryl/α,β-unsaturated/α-hetero) is 2. The van der Waals surface area contributed by atoms with E-state index in [2.05, 4.69) is 52.3 Å². The Morgan fingerprint density at radius 1 is 0.500 bits per heavy atom. The van der Waals surface area contributed by atoms with Gasteiger partial charge >= 0.3 is 0 Å². The van der Waals surface area contributed by atoms with Gasteiger partial charge in [-0.05, 0) is 124 Å². The Bertz CT molecular complexity index is 1820. The maximum absolute atomic E-state index is 13.3. The van der Waals surface area contributed by atoms with Crippen molar-refractivity contribution in [3.8, 4) is 11.1 Å². The number of hydrogen-bond acceptors (Lipinski definition) is 6. The van der Waals surface area contributed by atoms with Crippen molar-refractivity contribution < 1.29 is 9.59 Å². The Balaban J connectivity index is 1.63. The van der Waals surface area contributed by atoms with Crippen LogP contribution in [0.1, 0.15) is 83.1 Å². The molecule has 0 bridgehead atoms. The van der Waals surface area contributed by atoms with Gasteiger partial charge in [0, 0.05) is 31.2 Å². The van der Waals surface area contributed by atoms with E-state index in [0.29, 0.717) is 30.4 Å². The zero-order valence-corrected chi connectivity index (χ0v) is 36.6. The number of carbonyl (C=O) groups is 2. The van der Waals surface area contributed by atoms with Gasteiger partial charge in [-0.1, -0.05) is 106 Å². The highest BCUT2D eigenvalue weighted by Gasteiger charge is 2.35. The maximum atomic E-state index is 13.3. The van der Waals surface area contributed by atoms with Crippen molar-refractivity contribution in [3.05, 3.63) is 113 Å². The molecule has 52 heavy (non-hydrogen) atoms. The minimum atomic E-state index is -0.323. The first-order chi connectivity index (χ1) is 23.8. The predicted molar refractivity (Wildman–Crippen MR) is 223 cm³/mol. The Hall–Kier alpha value is -3.04. The number of ketones is 2. The van der Waals surface area contributed by atoms with Crippen LogP contribution >= 0.6 is 55.1 Å². The highest BCUT2D eigenvalue weighted by atomic mass is 79.9. The molecule has 0 amide bonds. The summed E-state index contributed by atoms with van der Waals surface area (Å²) < 4.78 is 1.29. The van der Waals surface area contributed by atoms with Gasteiger partial charge in [0.05, 0.1) is 22.4 Å². The molecule has 0 aromatic heterocycles. The molecule has 0 N–H and O–H groups in total. The van der Waals surface area contributed by atoms with Gasteiger partial charge in [-0.25, -0.2) is 0 Å². The lowest BCUT2D eigenvalue weighted by Gasteiger charge is -2.31. The van der Waals surface area contributed by atoms with Crippen molar-refractivity contribution in [2.75, 3.05) is 0 Å². The van der Waals surface area contributed by atoms with Gasteiger partial charge in [0.15, 0.2) is 11.6 Å². The highest BCUT2D eigenvalue weighted by Crippen LogP contribution is 2.44. The molecule has 0 aliphatic heterocycles. The van der Waals surface area contributed by atoms with Crippen molar-refractivity contribution in [3.63, 3.8) is 0 Å². The van der Waals surface area contributed by atoms with Crippen LogP contribution < -0.4 is 0 Å². The van der Waals surface area contributed by atoms with Crippen LogP contribution in [0.2, 0.25) is 10.0 Å². The van der Waals surface area contributed by atoms with E-state index >= 15 is 0 Å². The lowest BCUT2D eigenvalue weighted by molar-refractivity contribution is -0.114. The molecule has 0 radical (unpaired) electrons. The van der Waals surface area contributed by atoms with Crippen molar-refractivity contribution >= 4 is 78.0 Å². The van der Waals surface area contributed by atoms with Crippen LogP contribution in [0.3, 0.4) is 0 Å². The van der Waals surface area contributed by atoms with E-state index in [0.717, 1.165) is 44.6 Å². The zero-order chi connectivity index (χ0) is 39.1. The third-order valence-electron chi connectivity index (χ3n) is 8.55. The Kier molecular flexibility index (Phi) is 12.3. The highest BCUT2D eigenvalue weighted by molar-refractivity contribution is 9.11. The molecule has 6 nitrogen and oxygen atoms in total. The summed E-state index contributed by atoms with van der Waals surface area (Å²) in [7, 11) is 0. The van der Waals surface area contributed by atoms with E-state index in [1.165, 1.54) is 0 Å². The minimum Gasteiger partial charge on any atom is -0.289 e. The van der Waals surface area contributed by atoms with Crippen molar-refractivity contribution in [2.45, 2.75) is 83.1 Å². The van der Waals surface area contributed by atoms with E-state index in [-0.39, 0.29) is 33.2 Å². The van der Waals surface area contributed by atoms with Gasteiger partial charge < -0.3 is 0 Å². The third kappa shape index (κ3) is 9.73. The number of benzene rings is 2.